The monoisotopic (exact) mass is 390 g/mol. The van der Waals surface area contributed by atoms with Crippen molar-refractivity contribution in [3.8, 4) is 5.75 Å². The van der Waals surface area contributed by atoms with Crippen molar-refractivity contribution in [2.75, 3.05) is 0 Å². The Morgan fingerprint density at radius 1 is 1.36 bits per heavy atom. The molecule has 0 aliphatic carbocycles. The number of hydrogen-bond acceptors (Lipinski definition) is 1. The molecule has 1 aromatic rings. The molecule has 11 heavy (non-hydrogen) atoms. The Morgan fingerprint density at radius 3 is 2.45 bits per heavy atom. The minimum Gasteiger partial charge on any atom is -0.506 e. The van der Waals surface area contributed by atoms with Crippen molar-refractivity contribution in [3.05, 3.63) is 24.1 Å². The van der Waals surface area contributed by atoms with Gasteiger partial charge in [-0.2, -0.15) is 0 Å². The van der Waals surface area contributed by atoms with Gasteiger partial charge < -0.3 is 5.11 Å². The van der Waals surface area contributed by atoms with Gasteiger partial charge >= 0.3 is 0 Å². The number of aryl methyl sites for hydroxylation is 1. The van der Waals surface area contributed by atoms with Crippen LogP contribution in [0, 0.1) is 10.5 Å². The molecule has 0 radical (unpaired) electrons. The lowest BCUT2D eigenvalue weighted by Gasteiger charge is -2.05. The van der Waals surface area contributed by atoms with Crippen LogP contribution in [0.15, 0.2) is 15.0 Å². The Kier molecular flexibility index (Phi) is 3.22. The highest BCUT2D eigenvalue weighted by Gasteiger charge is 2.09. The number of hydrogen-bond donors (Lipinski definition) is 1. The van der Waals surface area contributed by atoms with E-state index in [0.717, 1.165) is 18.1 Å². The van der Waals surface area contributed by atoms with E-state index in [1.54, 1.807) is 0 Å². The van der Waals surface area contributed by atoms with Crippen molar-refractivity contribution in [1.29, 1.82) is 0 Å². The van der Waals surface area contributed by atoms with Crippen LogP contribution in [-0.2, 0) is 0 Å². The summed E-state index contributed by atoms with van der Waals surface area (Å²) in [5, 5.41) is 9.43. The topological polar surface area (TPSA) is 20.2 Å². The van der Waals surface area contributed by atoms with Crippen LogP contribution in [0.3, 0.4) is 0 Å². The third-order valence-electron chi connectivity index (χ3n) is 1.32. The summed E-state index contributed by atoms with van der Waals surface area (Å²) in [7, 11) is 0. The first-order valence-electron chi connectivity index (χ1n) is 2.87. The van der Waals surface area contributed by atoms with Gasteiger partial charge in [-0.25, -0.2) is 0 Å². The summed E-state index contributed by atoms with van der Waals surface area (Å²) < 4.78 is 2.49. The molecule has 0 saturated carbocycles. The SMILES string of the molecule is Cc1cc(I)c(O)c(Br)c1Br. The van der Waals surface area contributed by atoms with Crippen LogP contribution in [0.1, 0.15) is 5.56 Å². The quantitative estimate of drug-likeness (QED) is 0.526. The highest BCUT2D eigenvalue weighted by molar-refractivity contribution is 14.1. The molecule has 0 amide bonds. The van der Waals surface area contributed by atoms with Crippen LogP contribution in [0.2, 0.25) is 0 Å². The molecule has 1 rings (SSSR count). The van der Waals surface area contributed by atoms with Crippen LogP contribution in [0.25, 0.3) is 0 Å². The van der Waals surface area contributed by atoms with Crippen LogP contribution >= 0.6 is 54.5 Å². The molecule has 0 atom stereocenters. The first kappa shape index (κ1) is 9.80. The highest BCUT2D eigenvalue weighted by Crippen LogP contribution is 2.37. The molecule has 1 aromatic carbocycles. The summed E-state index contributed by atoms with van der Waals surface area (Å²) in [4.78, 5) is 0. The molecule has 4 heteroatoms. The van der Waals surface area contributed by atoms with E-state index in [2.05, 4.69) is 54.5 Å². The van der Waals surface area contributed by atoms with Crippen molar-refractivity contribution in [3.63, 3.8) is 0 Å². The van der Waals surface area contributed by atoms with E-state index >= 15 is 0 Å². The summed E-state index contributed by atoms with van der Waals surface area (Å²) in [5.41, 5.74) is 1.11. The molecule has 0 aliphatic heterocycles. The lowest BCUT2D eigenvalue weighted by molar-refractivity contribution is 0.467. The van der Waals surface area contributed by atoms with Gasteiger partial charge in [-0.15, -0.1) is 0 Å². The molecule has 1 nitrogen and oxygen atoms in total. The van der Waals surface area contributed by atoms with Crippen molar-refractivity contribution in [1.82, 2.24) is 0 Å². The molecule has 0 spiro atoms. The van der Waals surface area contributed by atoms with Crippen LogP contribution < -0.4 is 0 Å². The maximum atomic E-state index is 9.43. The van der Waals surface area contributed by atoms with E-state index in [0.29, 0.717) is 5.75 Å². The Labute approximate surface area is 95.6 Å². The van der Waals surface area contributed by atoms with Crippen molar-refractivity contribution < 1.29 is 5.11 Å². The fraction of sp³-hybridized carbons (Fsp3) is 0.143. The average molecular weight is 392 g/mol. The lowest BCUT2D eigenvalue weighted by atomic mass is 10.2. The minimum atomic E-state index is 0.295. The van der Waals surface area contributed by atoms with E-state index in [1.165, 1.54) is 0 Å². The van der Waals surface area contributed by atoms with Gasteiger partial charge in [-0.1, -0.05) is 0 Å². The normalized spacial score (nSPS) is 10.2. The van der Waals surface area contributed by atoms with Gasteiger partial charge in [0.1, 0.15) is 5.75 Å². The van der Waals surface area contributed by atoms with Crippen molar-refractivity contribution >= 4 is 54.5 Å². The molecular weight excluding hydrogens is 387 g/mol. The minimum absolute atomic E-state index is 0.295. The van der Waals surface area contributed by atoms with Gasteiger partial charge in [0.2, 0.25) is 0 Å². The van der Waals surface area contributed by atoms with Crippen molar-refractivity contribution in [2.45, 2.75) is 6.92 Å². The van der Waals surface area contributed by atoms with Gasteiger partial charge in [-0.05, 0) is 73.0 Å². The molecule has 0 unspecified atom stereocenters. The maximum Gasteiger partial charge on any atom is 0.144 e. The van der Waals surface area contributed by atoms with Crippen molar-refractivity contribution in [2.24, 2.45) is 0 Å². The number of phenols is 1. The number of benzene rings is 1. The van der Waals surface area contributed by atoms with E-state index in [1.807, 2.05) is 13.0 Å². The summed E-state index contributed by atoms with van der Waals surface area (Å²) in [6.45, 7) is 1.98. The van der Waals surface area contributed by atoms with Crippen LogP contribution in [0.4, 0.5) is 0 Å². The molecule has 0 aliphatic rings. The van der Waals surface area contributed by atoms with E-state index in [-0.39, 0.29) is 0 Å². The van der Waals surface area contributed by atoms with Gasteiger partial charge in [0, 0.05) is 4.47 Å². The number of halogens is 3. The Morgan fingerprint density at radius 2 is 1.91 bits per heavy atom. The molecule has 60 valence electrons. The average Bonchev–Trinajstić information content (AvgIpc) is 1.97. The molecule has 0 fully saturated rings. The van der Waals surface area contributed by atoms with Crippen LogP contribution in [0.5, 0.6) is 5.75 Å². The van der Waals surface area contributed by atoms with Gasteiger partial charge in [0.25, 0.3) is 0 Å². The second kappa shape index (κ2) is 3.62. The van der Waals surface area contributed by atoms with E-state index in [4.69, 9.17) is 0 Å². The second-order valence-corrected chi connectivity index (χ2v) is 4.90. The Hall–Kier alpha value is 0.710. The molecule has 0 heterocycles. The molecule has 0 aromatic heterocycles. The fourth-order valence-corrected chi connectivity index (χ4v) is 2.64. The van der Waals surface area contributed by atoms with Gasteiger partial charge in [0.15, 0.2) is 0 Å². The predicted molar refractivity (Wildman–Crippen MR) is 61.0 cm³/mol. The first-order chi connectivity index (χ1) is 5.04. The smallest absolute Gasteiger partial charge is 0.144 e. The molecule has 0 saturated heterocycles. The number of aromatic hydroxyl groups is 1. The summed E-state index contributed by atoms with van der Waals surface area (Å²) >= 11 is 8.72. The fourth-order valence-electron chi connectivity index (χ4n) is 0.704. The highest BCUT2D eigenvalue weighted by atomic mass is 127. The van der Waals surface area contributed by atoms with Crippen LogP contribution in [-0.4, -0.2) is 5.11 Å². The van der Waals surface area contributed by atoms with E-state index < -0.39 is 0 Å². The number of rotatable bonds is 0. The standard InChI is InChI=1S/C7H5Br2IO/c1-3-2-4(10)7(11)6(9)5(3)8/h2,11H,1H3. The maximum absolute atomic E-state index is 9.43. The van der Waals surface area contributed by atoms with Gasteiger partial charge in [0.05, 0.1) is 8.04 Å². The molecule has 0 bridgehead atoms. The Bertz CT molecular complexity index is 273. The zero-order valence-electron chi connectivity index (χ0n) is 5.66. The predicted octanol–water partition coefficient (Wildman–Crippen LogP) is 3.83. The third kappa shape index (κ3) is 1.89. The summed E-state index contributed by atoms with van der Waals surface area (Å²) in [5.74, 6) is 0.295. The second-order valence-electron chi connectivity index (χ2n) is 2.15. The number of phenolic OH excluding ortho intramolecular Hbond substituents is 1. The molecule has 1 N–H and O–H groups in total. The molecular formula is C7H5Br2IO. The zero-order valence-corrected chi connectivity index (χ0v) is 11.0. The summed E-state index contributed by atoms with van der Waals surface area (Å²) in [6, 6.07) is 1.92. The summed E-state index contributed by atoms with van der Waals surface area (Å²) in [6.07, 6.45) is 0. The first-order valence-corrected chi connectivity index (χ1v) is 5.53. The third-order valence-corrected chi connectivity index (χ3v) is 4.46. The zero-order chi connectivity index (χ0) is 8.59. The lowest BCUT2D eigenvalue weighted by Crippen LogP contribution is -1.82. The Balaban J connectivity index is 3.46. The van der Waals surface area contributed by atoms with Gasteiger partial charge in [-0.3, -0.25) is 0 Å². The largest absolute Gasteiger partial charge is 0.506 e. The van der Waals surface area contributed by atoms with E-state index in [9.17, 15) is 5.11 Å².